The fourth-order valence-corrected chi connectivity index (χ4v) is 1.25. The molecule has 1 fully saturated rings. The third-order valence-corrected chi connectivity index (χ3v) is 1.86. The molecule has 0 heterocycles. The minimum absolute atomic E-state index is 0.0440. The van der Waals surface area contributed by atoms with E-state index < -0.39 is 0 Å². The van der Waals surface area contributed by atoms with E-state index >= 15 is 0 Å². The van der Waals surface area contributed by atoms with E-state index in [9.17, 15) is 4.79 Å². The van der Waals surface area contributed by atoms with E-state index in [1.165, 1.54) is 0 Å². The highest BCUT2D eigenvalue weighted by Gasteiger charge is 2.24. The predicted octanol–water partition coefficient (Wildman–Crippen LogP) is -0.0504. The summed E-state index contributed by atoms with van der Waals surface area (Å²) in [5.74, 6) is -0.323. The van der Waals surface area contributed by atoms with Crippen molar-refractivity contribution in [1.82, 2.24) is 5.48 Å². The summed E-state index contributed by atoms with van der Waals surface area (Å²) in [6, 6.07) is 0. The van der Waals surface area contributed by atoms with Crippen LogP contribution in [-0.2, 0) is 9.59 Å². The molecule has 0 radical (unpaired) electrons. The number of carbonyl (C=O) groups is 2. The van der Waals surface area contributed by atoms with Crippen molar-refractivity contribution in [2.75, 3.05) is 0 Å². The predicted molar refractivity (Wildman–Crippen MR) is 46.7 cm³/mol. The van der Waals surface area contributed by atoms with Crippen molar-refractivity contribution in [3.05, 3.63) is 12.2 Å². The minimum atomic E-state index is -0.279. The van der Waals surface area contributed by atoms with E-state index in [2.05, 4.69) is 12.3 Å². The molecule has 5 nitrogen and oxygen atoms in total. The maximum atomic E-state index is 10.8. The van der Waals surface area contributed by atoms with Crippen LogP contribution in [0.2, 0.25) is 0 Å². The molecule has 1 unspecified atom stereocenters. The van der Waals surface area contributed by atoms with Crippen molar-refractivity contribution >= 4 is 12.3 Å². The van der Waals surface area contributed by atoms with E-state index in [-0.39, 0.29) is 18.2 Å². The van der Waals surface area contributed by atoms with Crippen LogP contribution in [-0.4, -0.2) is 17.5 Å². The lowest BCUT2D eigenvalue weighted by atomic mass is 10.1. The number of allylic oxidation sites excluding steroid dienone is 1. The Balaban J connectivity index is 0.000000424. The average molecular weight is 186 g/mol. The lowest BCUT2D eigenvalue weighted by molar-refractivity contribution is -0.133. The monoisotopic (exact) mass is 186 g/mol. The van der Waals surface area contributed by atoms with E-state index in [1.54, 1.807) is 5.48 Å². The molecular formula is C8H14N2O3. The summed E-state index contributed by atoms with van der Waals surface area (Å²) in [5, 5.41) is 8.25. The number of nitrogens with two attached hydrogens (primary N) is 1. The smallest absolute Gasteiger partial charge is 0.246 e. The Morgan fingerprint density at radius 3 is 2.62 bits per heavy atom. The first-order valence-corrected chi connectivity index (χ1v) is 3.91. The van der Waals surface area contributed by atoms with Gasteiger partial charge < -0.3 is 5.73 Å². The summed E-state index contributed by atoms with van der Waals surface area (Å²) < 4.78 is 0. The van der Waals surface area contributed by atoms with Crippen molar-refractivity contribution in [2.24, 2.45) is 11.7 Å². The van der Waals surface area contributed by atoms with Crippen LogP contribution >= 0.6 is 0 Å². The number of primary amides is 1. The Labute approximate surface area is 76.6 Å². The summed E-state index contributed by atoms with van der Waals surface area (Å²) in [5.41, 5.74) is 6.92. The number of carbonyl (C=O) groups excluding carboxylic acids is 2. The second kappa shape index (κ2) is 6.19. The van der Waals surface area contributed by atoms with Gasteiger partial charge in [-0.25, -0.2) is 5.48 Å². The SMILES string of the molecule is C=C1CCC(C(=O)NO)C1.NC=O. The summed E-state index contributed by atoms with van der Waals surface area (Å²) >= 11 is 0. The van der Waals surface area contributed by atoms with Crippen LogP contribution in [0.3, 0.4) is 0 Å². The molecule has 0 aromatic rings. The van der Waals surface area contributed by atoms with Crippen LogP contribution in [0, 0.1) is 5.92 Å². The summed E-state index contributed by atoms with van der Waals surface area (Å²) in [7, 11) is 0. The Kier molecular flexibility index (Phi) is 5.54. The Morgan fingerprint density at radius 1 is 1.77 bits per heavy atom. The molecule has 0 aliphatic heterocycles. The zero-order chi connectivity index (χ0) is 10.3. The maximum Gasteiger partial charge on any atom is 0.246 e. The molecule has 5 heteroatoms. The van der Waals surface area contributed by atoms with Crippen molar-refractivity contribution in [2.45, 2.75) is 19.3 Å². The normalized spacial score (nSPS) is 20.1. The Hall–Kier alpha value is -1.36. The quantitative estimate of drug-likeness (QED) is 0.232. The van der Waals surface area contributed by atoms with Gasteiger partial charge in [-0.2, -0.15) is 0 Å². The highest BCUT2D eigenvalue weighted by Crippen LogP contribution is 2.28. The van der Waals surface area contributed by atoms with E-state index in [0.717, 1.165) is 24.8 Å². The molecule has 1 atom stereocenters. The largest absolute Gasteiger partial charge is 0.372 e. The van der Waals surface area contributed by atoms with Crippen molar-refractivity contribution < 1.29 is 14.8 Å². The standard InChI is InChI=1S/C7H11NO2.CH3NO/c1-5-2-3-6(4-5)7(9)8-10;2-1-3/h6,10H,1-4H2,(H,8,9);1H,(H2,2,3). The molecule has 13 heavy (non-hydrogen) atoms. The van der Waals surface area contributed by atoms with Crippen molar-refractivity contribution in [3.63, 3.8) is 0 Å². The number of hydroxylamine groups is 1. The second-order valence-electron chi connectivity index (χ2n) is 2.80. The number of nitrogens with one attached hydrogen (secondary N) is 1. The van der Waals surface area contributed by atoms with Crippen molar-refractivity contribution in [3.8, 4) is 0 Å². The van der Waals surface area contributed by atoms with Gasteiger partial charge >= 0.3 is 0 Å². The number of rotatable bonds is 1. The molecule has 0 saturated heterocycles. The molecule has 1 saturated carbocycles. The molecule has 1 aliphatic carbocycles. The number of hydrogen-bond acceptors (Lipinski definition) is 3. The van der Waals surface area contributed by atoms with Crippen molar-refractivity contribution in [1.29, 1.82) is 0 Å². The second-order valence-corrected chi connectivity index (χ2v) is 2.80. The summed E-state index contributed by atoms with van der Waals surface area (Å²) in [6.45, 7) is 3.76. The summed E-state index contributed by atoms with van der Waals surface area (Å²) in [6.07, 6.45) is 2.72. The van der Waals surface area contributed by atoms with Gasteiger partial charge in [-0.3, -0.25) is 14.8 Å². The van der Waals surface area contributed by atoms with E-state index in [0.29, 0.717) is 0 Å². The number of hydrogen-bond donors (Lipinski definition) is 3. The Bertz CT molecular complexity index is 204. The zero-order valence-corrected chi connectivity index (χ0v) is 7.32. The molecule has 1 aliphatic rings. The summed E-state index contributed by atoms with van der Waals surface area (Å²) in [4.78, 5) is 19.3. The minimum Gasteiger partial charge on any atom is -0.372 e. The highest BCUT2D eigenvalue weighted by atomic mass is 16.5. The Morgan fingerprint density at radius 2 is 2.31 bits per heavy atom. The third-order valence-electron chi connectivity index (χ3n) is 1.86. The molecule has 2 amide bonds. The lowest BCUT2D eigenvalue weighted by Gasteiger charge is -2.03. The van der Waals surface area contributed by atoms with Gasteiger partial charge in [-0.1, -0.05) is 12.2 Å². The lowest BCUT2D eigenvalue weighted by Crippen LogP contribution is -2.25. The fourth-order valence-electron chi connectivity index (χ4n) is 1.25. The molecule has 0 aromatic carbocycles. The first-order valence-electron chi connectivity index (χ1n) is 3.91. The highest BCUT2D eigenvalue weighted by molar-refractivity contribution is 5.78. The topological polar surface area (TPSA) is 92.4 Å². The van der Waals surface area contributed by atoms with Gasteiger partial charge in [0.05, 0.1) is 0 Å². The third kappa shape index (κ3) is 4.27. The van der Waals surface area contributed by atoms with Crippen LogP contribution in [0.25, 0.3) is 0 Å². The maximum absolute atomic E-state index is 10.8. The molecule has 4 N–H and O–H groups in total. The van der Waals surface area contributed by atoms with Crippen LogP contribution in [0.15, 0.2) is 12.2 Å². The zero-order valence-electron chi connectivity index (χ0n) is 7.32. The number of amides is 2. The first-order chi connectivity index (χ1) is 6.15. The van der Waals surface area contributed by atoms with Crippen LogP contribution in [0.1, 0.15) is 19.3 Å². The molecule has 0 spiro atoms. The van der Waals surface area contributed by atoms with Gasteiger partial charge in [0.25, 0.3) is 0 Å². The van der Waals surface area contributed by atoms with Crippen LogP contribution < -0.4 is 11.2 Å². The van der Waals surface area contributed by atoms with Gasteiger partial charge in [0.1, 0.15) is 0 Å². The first kappa shape index (κ1) is 11.6. The van der Waals surface area contributed by atoms with E-state index in [4.69, 9.17) is 10.0 Å². The van der Waals surface area contributed by atoms with Crippen LogP contribution in [0.4, 0.5) is 0 Å². The average Bonchev–Trinajstić information content (AvgIpc) is 2.52. The molecule has 1 rings (SSSR count). The van der Waals surface area contributed by atoms with Gasteiger partial charge in [-0.15, -0.1) is 0 Å². The molecule has 0 bridgehead atoms. The van der Waals surface area contributed by atoms with Gasteiger partial charge in [0.2, 0.25) is 12.3 Å². The van der Waals surface area contributed by atoms with Gasteiger partial charge in [-0.05, 0) is 19.3 Å². The van der Waals surface area contributed by atoms with Gasteiger partial charge in [0, 0.05) is 5.92 Å². The molecule has 0 aromatic heterocycles. The fraction of sp³-hybridized carbons (Fsp3) is 0.500. The van der Waals surface area contributed by atoms with Gasteiger partial charge in [0.15, 0.2) is 0 Å². The molecule has 74 valence electrons. The van der Waals surface area contributed by atoms with Crippen LogP contribution in [0.5, 0.6) is 0 Å². The molecular weight excluding hydrogens is 172 g/mol. The van der Waals surface area contributed by atoms with E-state index in [1.807, 2.05) is 0 Å².